The molecule has 0 amide bonds. The highest BCUT2D eigenvalue weighted by Gasteiger charge is 2.33. The molecule has 1 heterocycles. The fourth-order valence-electron chi connectivity index (χ4n) is 2.19. The van der Waals surface area contributed by atoms with E-state index in [1.54, 1.807) is 0 Å². The molecule has 14 heavy (non-hydrogen) atoms. The molecule has 2 unspecified atom stereocenters. The smallest absolute Gasteiger partial charge is 0.0860 e. The summed E-state index contributed by atoms with van der Waals surface area (Å²) in [7, 11) is 4.18. The van der Waals surface area contributed by atoms with Crippen LogP contribution in [-0.4, -0.2) is 50.8 Å². The van der Waals surface area contributed by atoms with Crippen LogP contribution in [-0.2, 0) is 4.74 Å². The third-order valence-electron chi connectivity index (χ3n) is 2.91. The van der Waals surface area contributed by atoms with Gasteiger partial charge in [0.25, 0.3) is 0 Å². The highest BCUT2D eigenvalue weighted by Crippen LogP contribution is 2.24. The second-order valence-electron chi connectivity index (χ2n) is 5.30. The number of nitrogens with zero attached hydrogens (tertiary/aromatic N) is 1. The van der Waals surface area contributed by atoms with E-state index in [9.17, 15) is 0 Å². The lowest BCUT2D eigenvalue weighted by atomic mass is 9.83. The molecule has 3 nitrogen and oxygen atoms in total. The third kappa shape index (κ3) is 2.94. The molecule has 0 bridgehead atoms. The highest BCUT2D eigenvalue weighted by atomic mass is 16.5. The summed E-state index contributed by atoms with van der Waals surface area (Å²) in [6, 6.07) is 0.422. The zero-order valence-corrected chi connectivity index (χ0v) is 10.1. The molecule has 0 aromatic heterocycles. The van der Waals surface area contributed by atoms with Gasteiger partial charge in [0.15, 0.2) is 0 Å². The number of nitrogens with one attached hydrogen (secondary N) is 1. The van der Waals surface area contributed by atoms with Crippen LogP contribution < -0.4 is 5.32 Å². The van der Waals surface area contributed by atoms with Crippen LogP contribution in [0.4, 0.5) is 0 Å². The maximum atomic E-state index is 5.82. The molecule has 2 atom stereocenters. The Balaban J connectivity index is 2.60. The van der Waals surface area contributed by atoms with Crippen molar-refractivity contribution >= 4 is 0 Å². The summed E-state index contributed by atoms with van der Waals surface area (Å²) in [6.07, 6.45) is 0.318. The lowest BCUT2D eigenvalue weighted by Gasteiger charge is -2.41. The quantitative estimate of drug-likeness (QED) is 0.718. The number of hydrogen-bond acceptors (Lipinski definition) is 3. The SMILES string of the molecule is CNC(C1CN(C)CCO1)C(C)(C)C. The first-order valence-corrected chi connectivity index (χ1v) is 5.42. The van der Waals surface area contributed by atoms with Crippen LogP contribution in [0.25, 0.3) is 0 Å². The Hall–Kier alpha value is -0.120. The van der Waals surface area contributed by atoms with Crippen LogP contribution >= 0.6 is 0 Å². The Kier molecular flexibility index (Phi) is 3.93. The highest BCUT2D eigenvalue weighted by molar-refractivity contribution is 4.89. The van der Waals surface area contributed by atoms with Gasteiger partial charge in [-0.3, -0.25) is 0 Å². The monoisotopic (exact) mass is 200 g/mol. The van der Waals surface area contributed by atoms with Crippen molar-refractivity contribution in [3.63, 3.8) is 0 Å². The number of likely N-dealkylation sites (N-methyl/N-ethyl adjacent to an activating group) is 2. The van der Waals surface area contributed by atoms with Crippen LogP contribution in [0, 0.1) is 5.41 Å². The molecule has 1 saturated heterocycles. The van der Waals surface area contributed by atoms with Crippen molar-refractivity contribution in [1.82, 2.24) is 10.2 Å². The van der Waals surface area contributed by atoms with Crippen LogP contribution in [0.3, 0.4) is 0 Å². The second-order valence-corrected chi connectivity index (χ2v) is 5.30. The van der Waals surface area contributed by atoms with E-state index in [4.69, 9.17) is 4.74 Å². The Bertz CT molecular complexity index is 177. The van der Waals surface area contributed by atoms with Gasteiger partial charge in [0.2, 0.25) is 0 Å². The van der Waals surface area contributed by atoms with E-state index in [1.807, 2.05) is 7.05 Å². The van der Waals surface area contributed by atoms with Gasteiger partial charge in [0.1, 0.15) is 0 Å². The zero-order chi connectivity index (χ0) is 10.8. The van der Waals surface area contributed by atoms with Crippen molar-refractivity contribution in [2.24, 2.45) is 5.41 Å². The minimum Gasteiger partial charge on any atom is -0.374 e. The first-order chi connectivity index (χ1) is 6.45. The van der Waals surface area contributed by atoms with Crippen LogP contribution in [0.15, 0.2) is 0 Å². The second kappa shape index (κ2) is 4.60. The third-order valence-corrected chi connectivity index (χ3v) is 2.91. The Labute approximate surface area is 87.8 Å². The fourth-order valence-corrected chi connectivity index (χ4v) is 2.19. The normalized spacial score (nSPS) is 27.6. The summed E-state index contributed by atoms with van der Waals surface area (Å²) in [5, 5.41) is 3.38. The lowest BCUT2D eigenvalue weighted by Crippen LogP contribution is -2.55. The summed E-state index contributed by atoms with van der Waals surface area (Å²) in [4.78, 5) is 2.34. The zero-order valence-electron chi connectivity index (χ0n) is 10.1. The first kappa shape index (κ1) is 12.0. The molecule has 0 spiro atoms. The summed E-state index contributed by atoms with van der Waals surface area (Å²) >= 11 is 0. The largest absolute Gasteiger partial charge is 0.374 e. The van der Waals surface area contributed by atoms with E-state index in [0.717, 1.165) is 19.7 Å². The van der Waals surface area contributed by atoms with Crippen LogP contribution in [0.1, 0.15) is 20.8 Å². The van der Waals surface area contributed by atoms with Crippen molar-refractivity contribution in [3.05, 3.63) is 0 Å². The standard InChI is InChI=1S/C11H24N2O/c1-11(2,3)10(12-4)9-8-13(5)6-7-14-9/h9-10,12H,6-8H2,1-5H3. The molecule has 3 heteroatoms. The minimum absolute atomic E-state index is 0.248. The molecule has 84 valence electrons. The molecule has 1 aliphatic heterocycles. The van der Waals surface area contributed by atoms with Gasteiger partial charge in [-0.1, -0.05) is 20.8 Å². The number of morpholine rings is 1. The minimum atomic E-state index is 0.248. The van der Waals surface area contributed by atoms with Gasteiger partial charge >= 0.3 is 0 Å². The summed E-state index contributed by atoms with van der Waals surface area (Å²) in [5.41, 5.74) is 0.248. The van der Waals surface area contributed by atoms with Gasteiger partial charge < -0.3 is 15.0 Å². The summed E-state index contributed by atoms with van der Waals surface area (Å²) < 4.78 is 5.82. The van der Waals surface area contributed by atoms with Crippen molar-refractivity contribution in [3.8, 4) is 0 Å². The topological polar surface area (TPSA) is 24.5 Å². The van der Waals surface area contributed by atoms with Gasteiger partial charge in [-0.15, -0.1) is 0 Å². The van der Waals surface area contributed by atoms with Gasteiger partial charge in [-0.2, -0.15) is 0 Å². The van der Waals surface area contributed by atoms with Crippen molar-refractivity contribution < 1.29 is 4.74 Å². The van der Waals surface area contributed by atoms with Crippen LogP contribution in [0.2, 0.25) is 0 Å². The van der Waals surface area contributed by atoms with Crippen molar-refractivity contribution in [1.29, 1.82) is 0 Å². The van der Waals surface area contributed by atoms with E-state index in [2.05, 4.69) is 38.0 Å². The molecule has 0 aromatic carbocycles. The lowest BCUT2D eigenvalue weighted by molar-refractivity contribution is -0.0570. The maximum Gasteiger partial charge on any atom is 0.0860 e. The molecule has 0 saturated carbocycles. The van der Waals surface area contributed by atoms with Gasteiger partial charge in [0, 0.05) is 19.1 Å². The Morgan fingerprint density at radius 3 is 2.50 bits per heavy atom. The average molecular weight is 200 g/mol. The maximum absolute atomic E-state index is 5.82. The van der Waals surface area contributed by atoms with E-state index in [-0.39, 0.29) is 5.41 Å². The predicted molar refractivity (Wildman–Crippen MR) is 59.5 cm³/mol. The number of rotatable bonds is 2. The molecule has 0 aromatic rings. The number of ether oxygens (including phenoxy) is 1. The molecular weight excluding hydrogens is 176 g/mol. The first-order valence-electron chi connectivity index (χ1n) is 5.42. The van der Waals surface area contributed by atoms with Crippen molar-refractivity contribution in [2.75, 3.05) is 33.8 Å². The fraction of sp³-hybridized carbons (Fsp3) is 1.00. The Morgan fingerprint density at radius 1 is 1.43 bits per heavy atom. The molecule has 1 fully saturated rings. The van der Waals surface area contributed by atoms with E-state index < -0.39 is 0 Å². The van der Waals surface area contributed by atoms with Crippen LogP contribution in [0.5, 0.6) is 0 Å². The molecule has 0 radical (unpaired) electrons. The molecule has 1 rings (SSSR count). The van der Waals surface area contributed by atoms with Gasteiger partial charge in [-0.05, 0) is 19.5 Å². The van der Waals surface area contributed by atoms with Crippen molar-refractivity contribution in [2.45, 2.75) is 32.9 Å². The van der Waals surface area contributed by atoms with E-state index >= 15 is 0 Å². The molecule has 1 aliphatic rings. The van der Waals surface area contributed by atoms with E-state index in [1.165, 1.54) is 0 Å². The van der Waals surface area contributed by atoms with Gasteiger partial charge in [0.05, 0.1) is 12.7 Å². The summed E-state index contributed by atoms with van der Waals surface area (Å²) in [6.45, 7) is 9.71. The predicted octanol–water partition coefficient (Wildman–Crippen LogP) is 0.951. The summed E-state index contributed by atoms with van der Waals surface area (Å²) in [5.74, 6) is 0. The Morgan fingerprint density at radius 2 is 2.07 bits per heavy atom. The molecule has 0 aliphatic carbocycles. The average Bonchev–Trinajstić information content (AvgIpc) is 2.02. The van der Waals surface area contributed by atoms with E-state index in [0.29, 0.717) is 12.1 Å². The van der Waals surface area contributed by atoms with Gasteiger partial charge in [-0.25, -0.2) is 0 Å². The molecule has 1 N–H and O–H groups in total. The number of hydrogen-bond donors (Lipinski definition) is 1. The molecular formula is C11H24N2O.